The van der Waals surface area contributed by atoms with Crippen LogP contribution >= 0.6 is 11.6 Å². The first-order chi connectivity index (χ1) is 11.3. The van der Waals surface area contributed by atoms with Gasteiger partial charge in [0.1, 0.15) is 5.75 Å². The van der Waals surface area contributed by atoms with Crippen molar-refractivity contribution in [2.75, 3.05) is 13.2 Å². The van der Waals surface area contributed by atoms with Crippen LogP contribution in [-0.4, -0.2) is 13.2 Å². The van der Waals surface area contributed by atoms with Crippen LogP contribution in [0, 0.1) is 0 Å². The van der Waals surface area contributed by atoms with E-state index in [0.717, 1.165) is 22.8 Å². The van der Waals surface area contributed by atoms with Crippen molar-refractivity contribution in [3.63, 3.8) is 0 Å². The van der Waals surface area contributed by atoms with E-state index in [1.165, 1.54) is 11.1 Å². The maximum Gasteiger partial charge on any atom is 0.122 e. The van der Waals surface area contributed by atoms with Gasteiger partial charge in [0.05, 0.1) is 6.61 Å². The molecule has 130 valence electrons. The standard InChI is InChI=1S/C21H28ClNO/c1-5-24-20-11-10-18(22)13-19(20)16(14-23)12-15-6-8-17(9-7-15)21(2,3)4/h6-11,13,16H,5,12,14,23H2,1-4H3. The molecule has 0 saturated heterocycles. The zero-order valence-electron chi connectivity index (χ0n) is 15.1. The Morgan fingerprint density at radius 1 is 1.08 bits per heavy atom. The van der Waals surface area contributed by atoms with E-state index in [1.807, 2.05) is 25.1 Å². The lowest BCUT2D eigenvalue weighted by molar-refractivity contribution is 0.334. The van der Waals surface area contributed by atoms with Crippen molar-refractivity contribution in [1.82, 2.24) is 0 Å². The van der Waals surface area contributed by atoms with Crippen LogP contribution in [0.3, 0.4) is 0 Å². The number of hydrogen-bond donors (Lipinski definition) is 1. The third-order valence-electron chi connectivity index (χ3n) is 4.30. The molecule has 1 atom stereocenters. The van der Waals surface area contributed by atoms with E-state index >= 15 is 0 Å². The Morgan fingerprint density at radius 2 is 1.75 bits per heavy atom. The van der Waals surface area contributed by atoms with Gasteiger partial charge < -0.3 is 10.5 Å². The minimum atomic E-state index is 0.168. The zero-order chi connectivity index (χ0) is 17.7. The molecule has 0 aliphatic carbocycles. The third-order valence-corrected chi connectivity index (χ3v) is 4.53. The van der Waals surface area contributed by atoms with E-state index in [1.54, 1.807) is 0 Å². The summed E-state index contributed by atoms with van der Waals surface area (Å²) in [5.74, 6) is 1.06. The summed E-state index contributed by atoms with van der Waals surface area (Å²) in [6.07, 6.45) is 0.876. The molecule has 0 fully saturated rings. The summed E-state index contributed by atoms with van der Waals surface area (Å²) in [6, 6.07) is 14.6. The lowest BCUT2D eigenvalue weighted by Crippen LogP contribution is -2.17. The van der Waals surface area contributed by atoms with Gasteiger partial charge in [-0.25, -0.2) is 0 Å². The van der Waals surface area contributed by atoms with Gasteiger partial charge in [0.2, 0.25) is 0 Å². The summed E-state index contributed by atoms with van der Waals surface area (Å²) in [6.45, 7) is 9.86. The van der Waals surface area contributed by atoms with Crippen LogP contribution in [0.25, 0.3) is 0 Å². The monoisotopic (exact) mass is 345 g/mol. The molecule has 1 unspecified atom stereocenters. The Morgan fingerprint density at radius 3 is 2.29 bits per heavy atom. The molecular formula is C21H28ClNO. The number of rotatable bonds is 6. The largest absolute Gasteiger partial charge is 0.494 e. The molecule has 0 radical (unpaired) electrons. The van der Waals surface area contributed by atoms with E-state index in [2.05, 4.69) is 45.0 Å². The number of halogens is 1. The highest BCUT2D eigenvalue weighted by atomic mass is 35.5. The molecule has 0 heterocycles. The first-order valence-electron chi connectivity index (χ1n) is 8.57. The van der Waals surface area contributed by atoms with Crippen LogP contribution < -0.4 is 10.5 Å². The van der Waals surface area contributed by atoms with Crippen molar-refractivity contribution in [1.29, 1.82) is 0 Å². The molecule has 0 saturated carbocycles. The molecule has 2 nitrogen and oxygen atoms in total. The maximum absolute atomic E-state index is 6.20. The first-order valence-corrected chi connectivity index (χ1v) is 8.94. The van der Waals surface area contributed by atoms with Gasteiger partial charge in [-0.15, -0.1) is 0 Å². The van der Waals surface area contributed by atoms with E-state index in [-0.39, 0.29) is 11.3 Å². The fraction of sp³-hybridized carbons (Fsp3) is 0.429. The van der Waals surface area contributed by atoms with Crippen molar-refractivity contribution >= 4 is 11.6 Å². The van der Waals surface area contributed by atoms with Crippen LogP contribution in [0.15, 0.2) is 42.5 Å². The highest BCUT2D eigenvalue weighted by molar-refractivity contribution is 6.30. The Balaban J connectivity index is 2.25. The van der Waals surface area contributed by atoms with Crippen LogP contribution in [-0.2, 0) is 11.8 Å². The molecule has 2 aromatic rings. The Kier molecular flexibility index (Phi) is 6.31. The smallest absolute Gasteiger partial charge is 0.122 e. The Labute approximate surface area is 151 Å². The summed E-state index contributed by atoms with van der Waals surface area (Å²) in [7, 11) is 0. The summed E-state index contributed by atoms with van der Waals surface area (Å²) in [5.41, 5.74) is 9.95. The lowest BCUT2D eigenvalue weighted by Gasteiger charge is -2.21. The third kappa shape index (κ3) is 4.75. The minimum absolute atomic E-state index is 0.168. The van der Waals surface area contributed by atoms with Gasteiger partial charge in [-0.2, -0.15) is 0 Å². The van der Waals surface area contributed by atoms with Gasteiger partial charge in [-0.05, 0) is 54.6 Å². The van der Waals surface area contributed by atoms with Crippen LogP contribution in [0.1, 0.15) is 50.3 Å². The highest BCUT2D eigenvalue weighted by Crippen LogP contribution is 2.32. The quantitative estimate of drug-likeness (QED) is 0.768. The fourth-order valence-corrected chi connectivity index (χ4v) is 3.05. The van der Waals surface area contributed by atoms with Crippen LogP contribution in [0.2, 0.25) is 5.02 Å². The van der Waals surface area contributed by atoms with Crippen molar-refractivity contribution in [3.8, 4) is 5.75 Å². The van der Waals surface area contributed by atoms with E-state index in [4.69, 9.17) is 22.1 Å². The molecule has 2 N–H and O–H groups in total. The molecule has 0 aliphatic rings. The van der Waals surface area contributed by atoms with Gasteiger partial charge in [0, 0.05) is 16.5 Å². The molecule has 0 bridgehead atoms. The van der Waals surface area contributed by atoms with Crippen molar-refractivity contribution in [3.05, 3.63) is 64.2 Å². The number of hydrogen-bond acceptors (Lipinski definition) is 2. The zero-order valence-corrected chi connectivity index (χ0v) is 15.9. The van der Waals surface area contributed by atoms with Crippen molar-refractivity contribution in [2.24, 2.45) is 5.73 Å². The van der Waals surface area contributed by atoms with Gasteiger partial charge in [0.25, 0.3) is 0 Å². The van der Waals surface area contributed by atoms with Crippen LogP contribution in [0.4, 0.5) is 0 Å². The van der Waals surface area contributed by atoms with Gasteiger partial charge >= 0.3 is 0 Å². The summed E-state index contributed by atoms with van der Waals surface area (Å²) < 4.78 is 5.76. The fourth-order valence-electron chi connectivity index (χ4n) is 2.87. The number of ether oxygens (including phenoxy) is 1. The highest BCUT2D eigenvalue weighted by Gasteiger charge is 2.18. The average Bonchev–Trinajstić information content (AvgIpc) is 2.54. The Hall–Kier alpha value is -1.51. The van der Waals surface area contributed by atoms with Gasteiger partial charge in [-0.3, -0.25) is 0 Å². The predicted molar refractivity (Wildman–Crippen MR) is 103 cm³/mol. The molecule has 0 amide bonds. The second-order valence-corrected chi connectivity index (χ2v) is 7.64. The number of benzene rings is 2. The predicted octanol–water partition coefficient (Wildman–Crippen LogP) is 5.32. The minimum Gasteiger partial charge on any atom is -0.494 e. The van der Waals surface area contributed by atoms with Crippen molar-refractivity contribution in [2.45, 2.75) is 45.4 Å². The molecular weight excluding hydrogens is 318 g/mol. The molecule has 0 aliphatic heterocycles. The van der Waals surface area contributed by atoms with Crippen LogP contribution in [0.5, 0.6) is 5.75 Å². The average molecular weight is 346 g/mol. The molecule has 0 spiro atoms. The van der Waals surface area contributed by atoms with Gasteiger partial charge in [-0.1, -0.05) is 56.6 Å². The molecule has 3 heteroatoms. The Bertz CT molecular complexity index is 659. The summed E-state index contributed by atoms with van der Waals surface area (Å²) in [5, 5.41) is 0.718. The molecule has 0 aromatic heterocycles. The molecule has 24 heavy (non-hydrogen) atoms. The number of nitrogens with two attached hydrogens (primary N) is 1. The lowest BCUT2D eigenvalue weighted by atomic mass is 9.85. The SMILES string of the molecule is CCOc1ccc(Cl)cc1C(CN)Cc1ccc(C(C)(C)C)cc1. The normalized spacial score (nSPS) is 12.9. The second kappa shape index (κ2) is 8.04. The van der Waals surface area contributed by atoms with E-state index in [0.29, 0.717) is 13.2 Å². The maximum atomic E-state index is 6.20. The van der Waals surface area contributed by atoms with E-state index in [9.17, 15) is 0 Å². The van der Waals surface area contributed by atoms with Crippen molar-refractivity contribution < 1.29 is 4.74 Å². The second-order valence-electron chi connectivity index (χ2n) is 7.20. The first kappa shape index (κ1) is 18.8. The van der Waals surface area contributed by atoms with Gasteiger partial charge in [0.15, 0.2) is 0 Å². The summed E-state index contributed by atoms with van der Waals surface area (Å²) in [4.78, 5) is 0. The molecule has 2 rings (SSSR count). The topological polar surface area (TPSA) is 35.2 Å². The van der Waals surface area contributed by atoms with E-state index < -0.39 is 0 Å². The summed E-state index contributed by atoms with van der Waals surface area (Å²) >= 11 is 6.20. The molecule has 2 aromatic carbocycles.